The first-order valence-electron chi connectivity index (χ1n) is 6.12. The van der Waals surface area contributed by atoms with Gasteiger partial charge in [-0.3, -0.25) is 4.72 Å². The zero-order chi connectivity index (χ0) is 16.3. The Bertz CT molecular complexity index is 764. The van der Waals surface area contributed by atoms with Crippen LogP contribution in [-0.2, 0) is 10.0 Å². The van der Waals surface area contributed by atoms with Crippen molar-refractivity contribution in [3.05, 3.63) is 53.1 Å². The molecule has 8 heteroatoms. The van der Waals surface area contributed by atoms with Gasteiger partial charge >= 0.3 is 6.61 Å². The zero-order valence-corrected chi connectivity index (χ0v) is 13.0. The normalized spacial score (nSPS) is 11.5. The molecule has 0 spiro atoms. The summed E-state index contributed by atoms with van der Waals surface area (Å²) >= 11 is 5.78. The molecule has 0 radical (unpaired) electrons. The van der Waals surface area contributed by atoms with Gasteiger partial charge in [-0.25, -0.2) is 8.42 Å². The molecule has 0 fully saturated rings. The maximum Gasteiger partial charge on any atom is 0.387 e. The smallest absolute Gasteiger partial charge is 0.387 e. The van der Waals surface area contributed by atoms with E-state index in [0.29, 0.717) is 0 Å². The summed E-state index contributed by atoms with van der Waals surface area (Å²) in [5.41, 5.74) is 1.07. The number of hydrogen-bond donors (Lipinski definition) is 1. The van der Waals surface area contributed by atoms with Crippen molar-refractivity contribution < 1.29 is 21.9 Å². The Morgan fingerprint density at radius 3 is 2.32 bits per heavy atom. The summed E-state index contributed by atoms with van der Waals surface area (Å²) in [4.78, 5) is 0.0853. The molecule has 0 bridgehead atoms. The highest BCUT2D eigenvalue weighted by atomic mass is 35.5. The number of sulfonamides is 1. The molecular formula is C14H12ClF2NO3S. The lowest BCUT2D eigenvalue weighted by atomic mass is 10.2. The second kappa shape index (κ2) is 6.50. The fourth-order valence-electron chi connectivity index (χ4n) is 1.69. The standard InChI is InChI=1S/C14H12ClF2NO3S/c1-9-2-5-11(6-3-9)22(19,20)18-10-4-7-13(12(15)8-10)21-14(16)17/h2-8,14,18H,1H3. The van der Waals surface area contributed by atoms with Gasteiger partial charge in [-0.1, -0.05) is 29.3 Å². The molecule has 0 heterocycles. The fourth-order valence-corrected chi connectivity index (χ4v) is 2.96. The molecular weight excluding hydrogens is 336 g/mol. The van der Waals surface area contributed by atoms with Crippen LogP contribution in [0.2, 0.25) is 5.02 Å². The predicted octanol–water partition coefficient (Wildman–Crippen LogP) is 4.05. The summed E-state index contributed by atoms with van der Waals surface area (Å²) in [6.45, 7) is -1.17. The first-order valence-corrected chi connectivity index (χ1v) is 7.98. The van der Waals surface area contributed by atoms with Crippen molar-refractivity contribution in [3.63, 3.8) is 0 Å². The number of halogens is 3. The largest absolute Gasteiger partial charge is 0.433 e. The highest BCUT2D eigenvalue weighted by molar-refractivity contribution is 7.92. The van der Waals surface area contributed by atoms with E-state index in [1.807, 2.05) is 6.92 Å². The van der Waals surface area contributed by atoms with Crippen LogP contribution in [-0.4, -0.2) is 15.0 Å². The van der Waals surface area contributed by atoms with Crippen molar-refractivity contribution >= 4 is 27.3 Å². The Balaban J connectivity index is 2.23. The SMILES string of the molecule is Cc1ccc(S(=O)(=O)Nc2ccc(OC(F)F)c(Cl)c2)cc1. The number of nitrogens with one attached hydrogen (secondary N) is 1. The van der Waals surface area contributed by atoms with Gasteiger partial charge in [-0.2, -0.15) is 8.78 Å². The van der Waals surface area contributed by atoms with Crippen LogP contribution < -0.4 is 9.46 Å². The molecule has 2 aromatic carbocycles. The minimum Gasteiger partial charge on any atom is -0.433 e. The number of aryl methyl sites for hydroxylation is 1. The van der Waals surface area contributed by atoms with E-state index < -0.39 is 16.6 Å². The van der Waals surface area contributed by atoms with Crippen molar-refractivity contribution in [2.45, 2.75) is 18.4 Å². The highest BCUT2D eigenvalue weighted by Gasteiger charge is 2.15. The molecule has 1 N–H and O–H groups in total. The number of hydrogen-bond acceptors (Lipinski definition) is 3. The van der Waals surface area contributed by atoms with Crippen LogP contribution in [0.3, 0.4) is 0 Å². The summed E-state index contributed by atoms with van der Waals surface area (Å²) in [6.07, 6.45) is 0. The van der Waals surface area contributed by atoms with Crippen LogP contribution in [0, 0.1) is 6.92 Å². The molecule has 0 saturated heterocycles. The Morgan fingerprint density at radius 2 is 1.77 bits per heavy atom. The Labute approximate surface area is 131 Å². The highest BCUT2D eigenvalue weighted by Crippen LogP contribution is 2.29. The van der Waals surface area contributed by atoms with Gasteiger partial charge in [-0.05, 0) is 37.3 Å². The van der Waals surface area contributed by atoms with Gasteiger partial charge in [0.15, 0.2) is 0 Å². The first kappa shape index (κ1) is 16.5. The topological polar surface area (TPSA) is 55.4 Å². The molecule has 0 aliphatic heterocycles. The van der Waals surface area contributed by atoms with Crippen LogP contribution in [0.5, 0.6) is 5.75 Å². The van der Waals surface area contributed by atoms with Crippen LogP contribution in [0.25, 0.3) is 0 Å². The number of rotatable bonds is 5. The molecule has 2 aromatic rings. The van der Waals surface area contributed by atoms with Gasteiger partial charge in [-0.15, -0.1) is 0 Å². The van der Waals surface area contributed by atoms with Gasteiger partial charge < -0.3 is 4.74 Å². The molecule has 0 aliphatic carbocycles. The van der Waals surface area contributed by atoms with Gasteiger partial charge in [0.1, 0.15) is 5.75 Å². The first-order chi connectivity index (χ1) is 10.3. The molecule has 118 valence electrons. The molecule has 0 saturated carbocycles. The Morgan fingerprint density at radius 1 is 1.14 bits per heavy atom. The van der Waals surface area contributed by atoms with Crippen molar-refractivity contribution in [1.82, 2.24) is 0 Å². The van der Waals surface area contributed by atoms with Crippen LogP contribution in [0.4, 0.5) is 14.5 Å². The molecule has 4 nitrogen and oxygen atoms in total. The summed E-state index contributed by atoms with van der Waals surface area (Å²) in [7, 11) is -3.78. The Hall–Kier alpha value is -1.86. The molecule has 0 aliphatic rings. The predicted molar refractivity (Wildman–Crippen MR) is 80.1 cm³/mol. The molecule has 22 heavy (non-hydrogen) atoms. The van der Waals surface area contributed by atoms with Gasteiger partial charge in [0.2, 0.25) is 0 Å². The molecule has 2 rings (SSSR count). The lowest BCUT2D eigenvalue weighted by molar-refractivity contribution is -0.0497. The average Bonchev–Trinajstić information content (AvgIpc) is 2.41. The third kappa shape index (κ3) is 4.08. The zero-order valence-electron chi connectivity index (χ0n) is 11.4. The van der Waals surface area contributed by atoms with Gasteiger partial charge in [0.05, 0.1) is 15.6 Å². The van der Waals surface area contributed by atoms with Gasteiger partial charge in [0, 0.05) is 0 Å². The minimum absolute atomic E-state index is 0.0853. The van der Waals surface area contributed by atoms with Crippen LogP contribution in [0.1, 0.15) is 5.56 Å². The van der Waals surface area contributed by atoms with Crippen molar-refractivity contribution in [3.8, 4) is 5.75 Å². The summed E-state index contributed by atoms with van der Waals surface area (Å²) in [6, 6.07) is 9.92. The summed E-state index contributed by atoms with van der Waals surface area (Å²) in [5.74, 6) is -0.227. The Kier molecular flexibility index (Phi) is 4.87. The summed E-state index contributed by atoms with van der Waals surface area (Å²) in [5, 5.41) is -0.121. The molecule has 0 amide bonds. The molecule has 0 unspecified atom stereocenters. The number of ether oxygens (including phenoxy) is 1. The number of alkyl halides is 2. The quantitative estimate of drug-likeness (QED) is 0.887. The maximum absolute atomic E-state index is 12.2. The minimum atomic E-state index is -3.78. The van der Waals surface area contributed by atoms with Crippen molar-refractivity contribution in [2.24, 2.45) is 0 Å². The van der Waals surface area contributed by atoms with E-state index in [4.69, 9.17) is 11.6 Å². The third-order valence-electron chi connectivity index (χ3n) is 2.73. The average molecular weight is 348 g/mol. The summed E-state index contributed by atoms with van der Waals surface area (Å²) < 4.78 is 55.1. The second-order valence-electron chi connectivity index (χ2n) is 4.44. The number of benzene rings is 2. The van der Waals surface area contributed by atoms with Crippen molar-refractivity contribution in [1.29, 1.82) is 0 Å². The van der Waals surface area contributed by atoms with Crippen LogP contribution >= 0.6 is 11.6 Å². The van der Waals surface area contributed by atoms with E-state index in [1.54, 1.807) is 12.1 Å². The van der Waals surface area contributed by atoms with E-state index in [2.05, 4.69) is 9.46 Å². The second-order valence-corrected chi connectivity index (χ2v) is 6.53. The lowest BCUT2D eigenvalue weighted by Crippen LogP contribution is -2.13. The van der Waals surface area contributed by atoms with Gasteiger partial charge in [0.25, 0.3) is 10.0 Å². The number of anilines is 1. The maximum atomic E-state index is 12.2. The molecule has 0 atom stereocenters. The molecule has 0 aromatic heterocycles. The van der Waals surface area contributed by atoms with E-state index in [-0.39, 0.29) is 21.4 Å². The monoisotopic (exact) mass is 347 g/mol. The van der Waals surface area contributed by atoms with E-state index in [0.717, 1.165) is 5.56 Å². The van der Waals surface area contributed by atoms with Crippen LogP contribution in [0.15, 0.2) is 47.4 Å². The fraction of sp³-hybridized carbons (Fsp3) is 0.143. The van der Waals surface area contributed by atoms with Crippen molar-refractivity contribution in [2.75, 3.05) is 4.72 Å². The lowest BCUT2D eigenvalue weighted by Gasteiger charge is -2.11. The van der Waals surface area contributed by atoms with E-state index in [9.17, 15) is 17.2 Å². The van der Waals surface area contributed by atoms with E-state index in [1.165, 1.54) is 30.3 Å². The third-order valence-corrected chi connectivity index (χ3v) is 4.42. The van der Waals surface area contributed by atoms with E-state index >= 15 is 0 Å².